The van der Waals surface area contributed by atoms with Crippen LogP contribution in [-0.4, -0.2) is 50.7 Å². The van der Waals surface area contributed by atoms with Crippen LogP contribution in [0.1, 0.15) is 15.4 Å². The van der Waals surface area contributed by atoms with Gasteiger partial charge in [-0.2, -0.15) is 0 Å². The predicted molar refractivity (Wildman–Crippen MR) is 134 cm³/mol. The zero-order valence-corrected chi connectivity index (χ0v) is 20.9. The van der Waals surface area contributed by atoms with Crippen molar-refractivity contribution in [3.8, 4) is 17.2 Å². The predicted octanol–water partition coefficient (Wildman–Crippen LogP) is 3.93. The summed E-state index contributed by atoms with van der Waals surface area (Å²) in [5.41, 5.74) is 2.68. The summed E-state index contributed by atoms with van der Waals surface area (Å²) < 4.78 is 9.46. The first-order chi connectivity index (χ1) is 16.9. The molecule has 1 aromatic carbocycles. The molecule has 0 atom stereocenters. The van der Waals surface area contributed by atoms with Crippen molar-refractivity contribution in [1.82, 2.24) is 24.4 Å². The summed E-state index contributed by atoms with van der Waals surface area (Å²) in [6.07, 6.45) is 5.38. The number of halogens is 2. The molecular formula is C23H20Cl2N6O3S. The van der Waals surface area contributed by atoms with Gasteiger partial charge in [0.1, 0.15) is 12.3 Å². The molecule has 0 bridgehead atoms. The highest BCUT2D eigenvalue weighted by Gasteiger charge is 2.23. The number of benzene rings is 1. The van der Waals surface area contributed by atoms with Crippen LogP contribution >= 0.6 is 34.5 Å². The van der Waals surface area contributed by atoms with Crippen molar-refractivity contribution in [2.75, 3.05) is 24.7 Å². The Morgan fingerprint density at radius 2 is 2.09 bits per heavy atom. The first kappa shape index (κ1) is 23.6. The molecule has 9 nitrogen and oxygen atoms in total. The van der Waals surface area contributed by atoms with Crippen LogP contribution < -0.4 is 10.2 Å². The molecule has 3 aromatic heterocycles. The van der Waals surface area contributed by atoms with Gasteiger partial charge in [0.2, 0.25) is 0 Å². The molecule has 4 heterocycles. The number of amides is 2. The maximum Gasteiger partial charge on any atom is 0.261 e. The molecule has 1 saturated heterocycles. The minimum absolute atomic E-state index is 0.0379. The van der Waals surface area contributed by atoms with Crippen LogP contribution in [0.5, 0.6) is 0 Å². The molecule has 0 aliphatic carbocycles. The van der Waals surface area contributed by atoms with Gasteiger partial charge in [0.05, 0.1) is 45.1 Å². The van der Waals surface area contributed by atoms with Crippen LogP contribution in [0.15, 0.2) is 49.1 Å². The molecule has 1 aliphatic rings. The van der Waals surface area contributed by atoms with E-state index in [9.17, 15) is 9.59 Å². The van der Waals surface area contributed by atoms with Crippen LogP contribution in [0.4, 0.5) is 5.69 Å². The van der Waals surface area contributed by atoms with Gasteiger partial charge < -0.3 is 19.5 Å². The summed E-state index contributed by atoms with van der Waals surface area (Å²) in [6, 6.07) is 8.83. The molecule has 4 aromatic rings. The number of thiophene rings is 1. The van der Waals surface area contributed by atoms with Crippen molar-refractivity contribution in [2.24, 2.45) is 7.05 Å². The fourth-order valence-electron chi connectivity index (χ4n) is 3.75. The van der Waals surface area contributed by atoms with E-state index in [1.54, 1.807) is 29.4 Å². The lowest BCUT2D eigenvalue weighted by molar-refractivity contribution is -0.125. The Kier molecular flexibility index (Phi) is 6.61. The molecule has 0 radical (unpaired) electrons. The number of ether oxygens (including phenoxy) is 1. The van der Waals surface area contributed by atoms with Crippen molar-refractivity contribution in [3.05, 3.63) is 69.0 Å². The van der Waals surface area contributed by atoms with Gasteiger partial charge in [0.25, 0.3) is 11.8 Å². The maximum absolute atomic E-state index is 12.5. The number of aryl methyl sites for hydroxylation is 1. The Balaban J connectivity index is 1.45. The summed E-state index contributed by atoms with van der Waals surface area (Å²) in [7, 11) is 1.88. The molecule has 180 valence electrons. The molecule has 2 amide bonds. The van der Waals surface area contributed by atoms with Crippen molar-refractivity contribution >= 4 is 52.0 Å². The second kappa shape index (κ2) is 9.82. The minimum Gasteiger partial charge on any atom is -0.370 e. The van der Waals surface area contributed by atoms with Gasteiger partial charge in [-0.25, -0.2) is 9.97 Å². The topological polar surface area (TPSA) is 94.3 Å². The third-order valence-electron chi connectivity index (χ3n) is 5.40. The number of anilines is 1. The summed E-state index contributed by atoms with van der Waals surface area (Å²) in [5, 5.41) is 3.31. The maximum atomic E-state index is 12.5. The van der Waals surface area contributed by atoms with Crippen LogP contribution in [0, 0.1) is 0 Å². The Morgan fingerprint density at radius 1 is 1.23 bits per heavy atom. The minimum atomic E-state index is -0.224. The van der Waals surface area contributed by atoms with E-state index in [0.717, 1.165) is 5.69 Å². The average Bonchev–Trinajstić information content (AvgIpc) is 3.58. The number of morpholine rings is 1. The fourth-order valence-corrected chi connectivity index (χ4v) is 4.99. The first-order valence-electron chi connectivity index (χ1n) is 10.7. The SMILES string of the molecule is Cn1cnc(-c2nc(CNC(=O)c3ccc(Cl)s3)cn2-c2ccc(N3CCOCC3=O)c(Cl)c2)c1. The largest absolute Gasteiger partial charge is 0.370 e. The summed E-state index contributed by atoms with van der Waals surface area (Å²) in [5.74, 6) is 0.242. The highest BCUT2D eigenvalue weighted by atomic mass is 35.5. The van der Waals surface area contributed by atoms with Gasteiger partial charge in [-0.1, -0.05) is 23.2 Å². The molecule has 0 spiro atoms. The third-order valence-corrected chi connectivity index (χ3v) is 6.94. The Labute approximate surface area is 214 Å². The second-order valence-corrected chi connectivity index (χ2v) is 9.99. The number of carbonyl (C=O) groups excluding carboxylic acids is 2. The van der Waals surface area contributed by atoms with Gasteiger partial charge in [0, 0.05) is 31.7 Å². The van der Waals surface area contributed by atoms with Crippen LogP contribution in [0.3, 0.4) is 0 Å². The molecule has 1 fully saturated rings. The zero-order valence-electron chi connectivity index (χ0n) is 18.6. The number of aromatic nitrogens is 4. The van der Waals surface area contributed by atoms with E-state index in [2.05, 4.69) is 10.3 Å². The first-order valence-corrected chi connectivity index (χ1v) is 12.2. The van der Waals surface area contributed by atoms with Crippen LogP contribution in [0.2, 0.25) is 9.36 Å². The summed E-state index contributed by atoms with van der Waals surface area (Å²) >= 11 is 13.8. The van der Waals surface area contributed by atoms with E-state index in [1.807, 2.05) is 40.7 Å². The Morgan fingerprint density at radius 3 is 2.77 bits per heavy atom. The highest BCUT2D eigenvalue weighted by Crippen LogP contribution is 2.31. The molecule has 0 saturated carbocycles. The number of imidazole rings is 2. The van der Waals surface area contributed by atoms with Crippen molar-refractivity contribution in [3.63, 3.8) is 0 Å². The fraction of sp³-hybridized carbons (Fsp3) is 0.217. The van der Waals surface area contributed by atoms with E-state index >= 15 is 0 Å². The molecule has 5 rings (SSSR count). The summed E-state index contributed by atoms with van der Waals surface area (Å²) in [4.78, 5) is 36.0. The van der Waals surface area contributed by atoms with E-state index in [-0.39, 0.29) is 25.0 Å². The van der Waals surface area contributed by atoms with Gasteiger partial charge in [-0.3, -0.25) is 14.2 Å². The van der Waals surface area contributed by atoms with E-state index in [4.69, 9.17) is 32.9 Å². The number of nitrogens with zero attached hydrogens (tertiary/aromatic N) is 5. The van der Waals surface area contributed by atoms with Gasteiger partial charge in [-0.05, 0) is 30.3 Å². The number of hydrogen-bond acceptors (Lipinski definition) is 6. The smallest absolute Gasteiger partial charge is 0.261 e. The molecular weight excluding hydrogens is 511 g/mol. The van der Waals surface area contributed by atoms with E-state index < -0.39 is 0 Å². The summed E-state index contributed by atoms with van der Waals surface area (Å²) in [6.45, 7) is 1.16. The third kappa shape index (κ3) is 4.96. The lowest BCUT2D eigenvalue weighted by atomic mass is 10.2. The number of hydrogen-bond donors (Lipinski definition) is 1. The number of rotatable bonds is 6. The second-order valence-electron chi connectivity index (χ2n) is 7.87. The van der Waals surface area contributed by atoms with Gasteiger partial charge >= 0.3 is 0 Å². The van der Waals surface area contributed by atoms with Crippen molar-refractivity contribution in [2.45, 2.75) is 6.54 Å². The molecule has 35 heavy (non-hydrogen) atoms. The highest BCUT2D eigenvalue weighted by molar-refractivity contribution is 7.18. The van der Waals surface area contributed by atoms with Crippen LogP contribution in [-0.2, 0) is 23.1 Å². The van der Waals surface area contributed by atoms with Crippen molar-refractivity contribution < 1.29 is 14.3 Å². The normalized spacial score (nSPS) is 13.9. The Bertz CT molecular complexity index is 1410. The molecule has 1 aliphatic heterocycles. The van der Waals surface area contributed by atoms with Gasteiger partial charge in [0.15, 0.2) is 5.82 Å². The van der Waals surface area contributed by atoms with E-state index in [0.29, 0.717) is 50.3 Å². The lowest BCUT2D eigenvalue weighted by Crippen LogP contribution is -2.41. The average molecular weight is 531 g/mol. The molecule has 12 heteroatoms. The number of nitrogens with one attached hydrogen (secondary N) is 1. The number of carbonyl (C=O) groups is 2. The Hall–Kier alpha value is -3.18. The van der Waals surface area contributed by atoms with Crippen molar-refractivity contribution in [1.29, 1.82) is 0 Å². The van der Waals surface area contributed by atoms with E-state index in [1.165, 1.54) is 11.3 Å². The van der Waals surface area contributed by atoms with Gasteiger partial charge in [-0.15, -0.1) is 11.3 Å². The molecule has 0 unspecified atom stereocenters. The zero-order chi connectivity index (χ0) is 24.5. The molecule has 1 N–H and O–H groups in total. The van der Waals surface area contributed by atoms with Crippen LogP contribution in [0.25, 0.3) is 17.2 Å². The lowest BCUT2D eigenvalue weighted by Gasteiger charge is -2.27. The quantitative estimate of drug-likeness (QED) is 0.407. The standard InChI is InChI=1S/C23H20Cl2N6O3S/c1-29-11-17(27-13-29)22-28-14(9-26-23(33)19-4-5-20(25)35-19)10-31(22)15-2-3-18(16(24)8-15)30-6-7-34-12-21(30)32/h2-5,8,10-11,13H,6-7,9,12H2,1H3,(H,26,33). The monoisotopic (exact) mass is 530 g/mol.